The molecule has 2 fully saturated rings. The van der Waals surface area contributed by atoms with E-state index in [1.165, 1.54) is 38.4 Å². The van der Waals surface area contributed by atoms with Crippen molar-refractivity contribution in [3.8, 4) is 0 Å². The first-order valence-electron chi connectivity index (χ1n) is 7.92. The molecule has 0 aromatic heterocycles. The highest BCUT2D eigenvalue weighted by atomic mass is 16.5. The maximum absolute atomic E-state index is 11.8. The topological polar surface area (TPSA) is 26.3 Å². The highest BCUT2D eigenvalue weighted by Gasteiger charge is 2.60. The third-order valence-corrected chi connectivity index (χ3v) is 7.06. The van der Waals surface area contributed by atoms with Crippen LogP contribution in [0.15, 0.2) is 12.2 Å². The Morgan fingerprint density at radius 2 is 1.90 bits per heavy atom. The molecule has 2 aliphatic rings. The molecule has 0 aromatic carbocycles. The summed E-state index contributed by atoms with van der Waals surface area (Å²) in [4.78, 5) is 11.8. The zero-order chi connectivity index (χ0) is 15.2. The molecule has 0 spiro atoms. The van der Waals surface area contributed by atoms with Crippen molar-refractivity contribution in [1.29, 1.82) is 0 Å². The van der Waals surface area contributed by atoms with Crippen LogP contribution in [0.1, 0.15) is 66.2 Å². The summed E-state index contributed by atoms with van der Waals surface area (Å²) in [5.74, 6) is 0.179. The molecule has 0 radical (unpaired) electrons. The van der Waals surface area contributed by atoms with Crippen molar-refractivity contribution in [3.63, 3.8) is 0 Å². The molecule has 2 saturated carbocycles. The number of methoxy groups -OCH3 is 1. The first kappa shape index (κ1) is 15.6. The van der Waals surface area contributed by atoms with Crippen molar-refractivity contribution >= 4 is 5.97 Å². The molecule has 1 unspecified atom stereocenters. The van der Waals surface area contributed by atoms with Crippen LogP contribution >= 0.6 is 0 Å². The first-order chi connectivity index (χ1) is 9.18. The number of carbonyl (C=O) groups is 1. The fourth-order valence-electron chi connectivity index (χ4n) is 5.06. The Bertz CT molecular complexity index is 423. The van der Waals surface area contributed by atoms with Crippen molar-refractivity contribution in [2.75, 3.05) is 7.11 Å². The van der Waals surface area contributed by atoms with Crippen LogP contribution in [0.3, 0.4) is 0 Å². The molecule has 0 aromatic rings. The third-order valence-electron chi connectivity index (χ3n) is 7.06. The van der Waals surface area contributed by atoms with Crippen LogP contribution in [0.2, 0.25) is 0 Å². The van der Waals surface area contributed by atoms with E-state index in [1.807, 2.05) is 0 Å². The van der Waals surface area contributed by atoms with Crippen LogP contribution < -0.4 is 0 Å². The predicted molar refractivity (Wildman–Crippen MR) is 82.3 cm³/mol. The lowest BCUT2D eigenvalue weighted by molar-refractivity contribution is -0.156. The van der Waals surface area contributed by atoms with Gasteiger partial charge in [0.25, 0.3) is 0 Å². The van der Waals surface area contributed by atoms with E-state index in [0.717, 1.165) is 6.42 Å². The van der Waals surface area contributed by atoms with E-state index in [0.29, 0.717) is 11.8 Å². The Balaban J connectivity index is 2.41. The first-order valence-corrected chi connectivity index (χ1v) is 7.92. The van der Waals surface area contributed by atoms with Gasteiger partial charge in [-0.3, -0.25) is 4.79 Å². The summed E-state index contributed by atoms with van der Waals surface area (Å²) in [6.45, 7) is 14.0. The second-order valence-corrected chi connectivity index (χ2v) is 7.98. The molecule has 2 nitrogen and oxygen atoms in total. The smallest absolute Gasteiger partial charge is 0.306 e. The van der Waals surface area contributed by atoms with Crippen LogP contribution in [0.4, 0.5) is 0 Å². The van der Waals surface area contributed by atoms with Gasteiger partial charge >= 0.3 is 5.97 Å². The van der Waals surface area contributed by atoms with Gasteiger partial charge in [0.1, 0.15) is 0 Å². The van der Waals surface area contributed by atoms with Crippen LogP contribution in [0.25, 0.3) is 0 Å². The van der Waals surface area contributed by atoms with Gasteiger partial charge in [-0.1, -0.05) is 46.3 Å². The zero-order valence-corrected chi connectivity index (χ0v) is 13.8. The van der Waals surface area contributed by atoms with Gasteiger partial charge in [-0.15, -0.1) is 0 Å². The second kappa shape index (κ2) is 4.89. The Labute approximate surface area is 124 Å². The van der Waals surface area contributed by atoms with Crippen LogP contribution in [0.5, 0.6) is 0 Å². The van der Waals surface area contributed by atoms with Crippen LogP contribution in [-0.2, 0) is 9.53 Å². The molecule has 2 rings (SSSR count). The van der Waals surface area contributed by atoms with Crippen molar-refractivity contribution in [3.05, 3.63) is 12.2 Å². The highest BCUT2D eigenvalue weighted by molar-refractivity contribution is 5.70. The molecule has 114 valence electrons. The molecule has 0 N–H and O–H groups in total. The molecule has 3 atom stereocenters. The van der Waals surface area contributed by atoms with Gasteiger partial charge in [0.05, 0.1) is 13.5 Å². The van der Waals surface area contributed by atoms with E-state index in [2.05, 4.69) is 34.3 Å². The summed E-state index contributed by atoms with van der Waals surface area (Å²) in [5.41, 5.74) is 2.03. The van der Waals surface area contributed by atoms with Gasteiger partial charge in [-0.2, -0.15) is 0 Å². The van der Waals surface area contributed by atoms with Crippen molar-refractivity contribution in [1.82, 2.24) is 0 Å². The quantitative estimate of drug-likeness (QED) is 0.539. The molecule has 0 heterocycles. The number of allylic oxidation sites excluding steroid dienone is 1. The van der Waals surface area contributed by atoms with Crippen molar-refractivity contribution < 1.29 is 9.53 Å². The van der Waals surface area contributed by atoms with Crippen LogP contribution in [-0.4, -0.2) is 13.1 Å². The molecule has 0 saturated heterocycles. The van der Waals surface area contributed by atoms with Gasteiger partial charge in [-0.25, -0.2) is 0 Å². The number of esters is 1. The fourth-order valence-corrected chi connectivity index (χ4v) is 5.06. The van der Waals surface area contributed by atoms with E-state index in [9.17, 15) is 4.79 Å². The van der Waals surface area contributed by atoms with Crippen molar-refractivity contribution in [2.45, 2.75) is 66.2 Å². The largest absolute Gasteiger partial charge is 0.469 e. The normalized spacial score (nSPS) is 40.0. The van der Waals surface area contributed by atoms with E-state index in [4.69, 9.17) is 4.74 Å². The van der Waals surface area contributed by atoms with Crippen LogP contribution in [0, 0.1) is 22.2 Å². The highest BCUT2D eigenvalue weighted by Crippen LogP contribution is 2.68. The Hall–Kier alpha value is -0.790. The Morgan fingerprint density at radius 3 is 2.50 bits per heavy atom. The lowest BCUT2D eigenvalue weighted by atomic mass is 9.39. The zero-order valence-electron chi connectivity index (χ0n) is 13.8. The molecule has 20 heavy (non-hydrogen) atoms. The SMILES string of the molecule is C=C1CC[C@]2(C)C(C)(C)CCC[C@]2(C)C1CC(=O)OC. The van der Waals surface area contributed by atoms with Gasteiger partial charge in [0.15, 0.2) is 0 Å². The predicted octanol–water partition coefficient (Wildman–Crippen LogP) is 4.74. The summed E-state index contributed by atoms with van der Waals surface area (Å²) in [6.07, 6.45) is 6.50. The van der Waals surface area contributed by atoms with Crippen molar-refractivity contribution in [2.24, 2.45) is 22.2 Å². The second-order valence-electron chi connectivity index (χ2n) is 7.98. The Kier molecular flexibility index (Phi) is 3.81. The van der Waals surface area contributed by atoms with Gasteiger partial charge in [0.2, 0.25) is 0 Å². The minimum absolute atomic E-state index is 0.0926. The summed E-state index contributed by atoms with van der Waals surface area (Å²) >= 11 is 0. The number of ether oxygens (including phenoxy) is 1. The minimum Gasteiger partial charge on any atom is -0.469 e. The number of hydrogen-bond donors (Lipinski definition) is 0. The minimum atomic E-state index is -0.0926. The maximum atomic E-state index is 11.8. The summed E-state index contributed by atoms with van der Waals surface area (Å²) in [5, 5.41) is 0. The van der Waals surface area contributed by atoms with Gasteiger partial charge in [0, 0.05) is 0 Å². The maximum Gasteiger partial charge on any atom is 0.306 e. The molecule has 0 amide bonds. The molecular weight excluding hydrogens is 248 g/mol. The number of hydrogen-bond acceptors (Lipinski definition) is 2. The molecule has 2 aliphatic carbocycles. The summed E-state index contributed by atoms with van der Waals surface area (Å²) < 4.78 is 4.93. The standard InChI is InChI=1S/C18H30O2/c1-13-8-11-18(5)16(2,3)9-7-10-17(18,4)14(13)12-15(19)20-6/h14H,1,7-12H2,2-6H3/t14?,17-,18-/m1/s1. The van der Waals surface area contributed by atoms with Gasteiger partial charge < -0.3 is 4.74 Å². The van der Waals surface area contributed by atoms with E-state index >= 15 is 0 Å². The summed E-state index contributed by atoms with van der Waals surface area (Å²) in [7, 11) is 1.49. The number of rotatable bonds is 2. The number of fused-ring (bicyclic) bond motifs is 1. The third kappa shape index (κ3) is 2.03. The molecular formula is C18H30O2. The monoisotopic (exact) mass is 278 g/mol. The van der Waals surface area contributed by atoms with E-state index in [-0.39, 0.29) is 22.7 Å². The average Bonchev–Trinajstić information content (AvgIpc) is 2.37. The average molecular weight is 278 g/mol. The number of carbonyl (C=O) groups excluding carboxylic acids is 1. The van der Waals surface area contributed by atoms with E-state index in [1.54, 1.807) is 0 Å². The Morgan fingerprint density at radius 1 is 1.25 bits per heavy atom. The molecule has 0 bridgehead atoms. The molecule has 0 aliphatic heterocycles. The fraction of sp³-hybridized carbons (Fsp3) is 0.833. The summed E-state index contributed by atoms with van der Waals surface area (Å²) in [6, 6.07) is 0. The van der Waals surface area contributed by atoms with E-state index < -0.39 is 0 Å². The van der Waals surface area contributed by atoms with Gasteiger partial charge in [-0.05, 0) is 47.8 Å². The molecule has 2 heteroatoms. The lowest BCUT2D eigenvalue weighted by Crippen LogP contribution is -2.57. The lowest BCUT2D eigenvalue weighted by Gasteiger charge is -2.65.